The lowest BCUT2D eigenvalue weighted by molar-refractivity contribution is -0.128. The molecular formula is C23H27ClFN3O4. The summed E-state index contributed by atoms with van der Waals surface area (Å²) in [6.45, 7) is 3.83. The monoisotopic (exact) mass is 463 g/mol. The van der Waals surface area contributed by atoms with Gasteiger partial charge in [-0.2, -0.15) is 0 Å². The fourth-order valence-corrected chi connectivity index (χ4v) is 5.12. The lowest BCUT2D eigenvalue weighted by atomic mass is 9.56. The van der Waals surface area contributed by atoms with Crippen molar-refractivity contribution >= 4 is 23.4 Å². The Kier molecular flexibility index (Phi) is 6.16. The maximum absolute atomic E-state index is 13.6. The zero-order chi connectivity index (χ0) is 22.9. The second kappa shape index (κ2) is 8.73. The minimum atomic E-state index is -0.591. The van der Waals surface area contributed by atoms with Crippen LogP contribution in [0.4, 0.5) is 4.39 Å². The van der Waals surface area contributed by atoms with Crippen LogP contribution < -0.4 is 15.4 Å². The van der Waals surface area contributed by atoms with Crippen molar-refractivity contribution in [1.82, 2.24) is 15.8 Å². The van der Waals surface area contributed by atoms with Crippen LogP contribution in [0.3, 0.4) is 0 Å². The number of aromatic nitrogens is 1. The number of rotatable bonds is 7. The van der Waals surface area contributed by atoms with E-state index in [1.807, 2.05) is 6.92 Å². The van der Waals surface area contributed by atoms with Crippen LogP contribution in [-0.4, -0.2) is 34.7 Å². The molecule has 1 aromatic carbocycles. The van der Waals surface area contributed by atoms with Crippen LogP contribution >= 0.6 is 11.6 Å². The van der Waals surface area contributed by atoms with Crippen LogP contribution in [0, 0.1) is 11.7 Å². The van der Waals surface area contributed by atoms with Gasteiger partial charge in [0, 0.05) is 29.6 Å². The Bertz CT molecular complexity index is 1020. The molecule has 2 N–H and O–H groups in total. The molecule has 5 rings (SSSR count). The van der Waals surface area contributed by atoms with E-state index >= 15 is 0 Å². The molecule has 0 spiro atoms. The van der Waals surface area contributed by atoms with E-state index in [0.717, 1.165) is 38.2 Å². The molecule has 3 aliphatic carbocycles. The molecule has 0 radical (unpaired) electrons. The molecule has 9 heteroatoms. The summed E-state index contributed by atoms with van der Waals surface area (Å²) in [7, 11) is 0. The van der Waals surface area contributed by atoms with E-state index in [2.05, 4.69) is 22.7 Å². The molecule has 0 saturated heterocycles. The predicted octanol–water partition coefficient (Wildman–Crippen LogP) is 4.05. The largest absolute Gasteiger partial charge is 0.484 e. The van der Waals surface area contributed by atoms with E-state index in [0.29, 0.717) is 17.9 Å². The second-order valence-electron chi connectivity index (χ2n) is 8.94. The molecule has 1 atom stereocenters. The predicted molar refractivity (Wildman–Crippen MR) is 116 cm³/mol. The number of amides is 2. The van der Waals surface area contributed by atoms with Crippen molar-refractivity contribution in [3.8, 4) is 5.75 Å². The fraction of sp³-hybridized carbons (Fsp3) is 0.522. The van der Waals surface area contributed by atoms with Gasteiger partial charge < -0.3 is 19.9 Å². The highest BCUT2D eigenvalue weighted by Gasteiger charge is 2.54. The number of ether oxygens (including phenoxy) is 1. The molecule has 2 amide bonds. The van der Waals surface area contributed by atoms with Crippen molar-refractivity contribution in [2.45, 2.75) is 63.5 Å². The van der Waals surface area contributed by atoms with Crippen molar-refractivity contribution in [2.24, 2.45) is 5.92 Å². The molecule has 3 saturated carbocycles. The number of nitrogens with one attached hydrogen (secondary N) is 2. The molecule has 172 valence electrons. The summed E-state index contributed by atoms with van der Waals surface area (Å²) in [5.41, 5.74) is -0.331. The first-order valence-corrected chi connectivity index (χ1v) is 11.3. The Balaban J connectivity index is 1.34. The summed E-state index contributed by atoms with van der Waals surface area (Å²) in [6, 6.07) is 5.75. The first kappa shape index (κ1) is 22.6. The maximum Gasteiger partial charge on any atom is 0.273 e. The molecule has 1 aromatic heterocycles. The van der Waals surface area contributed by atoms with Crippen LogP contribution in [-0.2, 0) is 11.2 Å². The Labute approximate surface area is 191 Å². The van der Waals surface area contributed by atoms with Crippen LogP contribution in [0.2, 0.25) is 5.02 Å². The van der Waals surface area contributed by atoms with Gasteiger partial charge in [-0.15, -0.1) is 0 Å². The third-order valence-corrected chi connectivity index (χ3v) is 7.21. The normalized spacial score (nSPS) is 26.6. The van der Waals surface area contributed by atoms with Gasteiger partial charge in [0.1, 0.15) is 17.3 Å². The van der Waals surface area contributed by atoms with Crippen LogP contribution in [0.1, 0.15) is 62.2 Å². The van der Waals surface area contributed by atoms with Gasteiger partial charge in [0.2, 0.25) is 0 Å². The van der Waals surface area contributed by atoms with Crippen LogP contribution in [0.25, 0.3) is 0 Å². The average Bonchev–Trinajstić information content (AvgIpc) is 3.25. The van der Waals surface area contributed by atoms with E-state index in [1.165, 1.54) is 12.1 Å². The molecule has 2 aromatic rings. The quantitative estimate of drug-likeness (QED) is 0.646. The minimum Gasteiger partial charge on any atom is -0.484 e. The molecular weight excluding hydrogens is 437 g/mol. The number of benzene rings is 1. The van der Waals surface area contributed by atoms with Crippen LogP contribution in [0.5, 0.6) is 5.75 Å². The SMILES string of the molecule is CCc1cc(C(=O)NC23CCC(NC(=O)COc4ccc(Cl)c(F)c4)(CC2)[C@@H](C)C3)no1. The van der Waals surface area contributed by atoms with Gasteiger partial charge in [-0.3, -0.25) is 9.59 Å². The molecule has 1 heterocycles. The topological polar surface area (TPSA) is 93.5 Å². The van der Waals surface area contributed by atoms with Crippen molar-refractivity contribution in [3.63, 3.8) is 0 Å². The maximum atomic E-state index is 13.6. The summed E-state index contributed by atoms with van der Waals surface area (Å²) in [6.07, 6.45) is 4.50. The first-order chi connectivity index (χ1) is 15.2. The van der Waals surface area contributed by atoms with E-state index in [9.17, 15) is 14.0 Å². The van der Waals surface area contributed by atoms with Crippen molar-refractivity contribution in [1.29, 1.82) is 0 Å². The summed E-state index contributed by atoms with van der Waals surface area (Å²) < 4.78 is 24.1. The lowest BCUT2D eigenvalue weighted by Crippen LogP contribution is -2.67. The number of carbonyl (C=O) groups is 2. The highest BCUT2D eigenvalue weighted by molar-refractivity contribution is 6.30. The number of carbonyl (C=O) groups excluding carboxylic acids is 2. The van der Waals surface area contributed by atoms with Gasteiger partial charge in [0.25, 0.3) is 11.8 Å². The van der Waals surface area contributed by atoms with Gasteiger partial charge in [0.15, 0.2) is 12.3 Å². The van der Waals surface area contributed by atoms with Crippen molar-refractivity contribution in [2.75, 3.05) is 6.61 Å². The highest BCUT2D eigenvalue weighted by atomic mass is 35.5. The minimum absolute atomic E-state index is 0.00357. The van der Waals surface area contributed by atoms with E-state index in [4.69, 9.17) is 20.9 Å². The molecule has 0 unspecified atom stereocenters. The molecule has 0 aliphatic heterocycles. The van der Waals surface area contributed by atoms with Gasteiger partial charge >= 0.3 is 0 Å². The number of hydrogen-bond donors (Lipinski definition) is 2. The molecule has 3 fully saturated rings. The first-order valence-electron chi connectivity index (χ1n) is 10.9. The van der Waals surface area contributed by atoms with E-state index < -0.39 is 5.82 Å². The van der Waals surface area contributed by atoms with Crippen molar-refractivity contribution < 1.29 is 23.2 Å². The Morgan fingerprint density at radius 2 is 2.00 bits per heavy atom. The summed E-state index contributed by atoms with van der Waals surface area (Å²) in [5, 5.41) is 10.2. The zero-order valence-electron chi connectivity index (χ0n) is 18.2. The summed E-state index contributed by atoms with van der Waals surface area (Å²) in [5.74, 6) is 0.0410. The highest BCUT2D eigenvalue weighted by Crippen LogP contribution is 2.50. The van der Waals surface area contributed by atoms with Crippen LogP contribution in [0.15, 0.2) is 28.8 Å². The number of nitrogens with zero attached hydrogens (tertiary/aromatic N) is 1. The number of aryl methyl sites for hydroxylation is 1. The number of fused-ring (bicyclic) bond motifs is 3. The summed E-state index contributed by atoms with van der Waals surface area (Å²) >= 11 is 5.67. The zero-order valence-corrected chi connectivity index (χ0v) is 18.9. The Morgan fingerprint density at radius 3 is 2.62 bits per heavy atom. The second-order valence-corrected chi connectivity index (χ2v) is 9.35. The summed E-state index contributed by atoms with van der Waals surface area (Å²) in [4.78, 5) is 25.3. The van der Waals surface area contributed by atoms with Crippen molar-refractivity contribution in [3.05, 3.63) is 46.6 Å². The standard InChI is InChI=1S/C23H27ClFN3O4/c1-3-15-11-19(28-32-15)21(30)27-22-6-8-23(9-7-22,14(2)12-22)26-20(29)13-31-16-4-5-17(24)18(25)10-16/h4-5,10-11,14H,3,6-9,12-13H2,1-2H3,(H,26,29)(H,27,30)/t14-,22?,23?/m0/s1. The average molecular weight is 464 g/mol. The lowest BCUT2D eigenvalue weighted by Gasteiger charge is -2.57. The van der Waals surface area contributed by atoms with Gasteiger partial charge in [0.05, 0.1) is 5.02 Å². The van der Waals surface area contributed by atoms with E-state index in [1.54, 1.807) is 6.07 Å². The smallest absolute Gasteiger partial charge is 0.273 e. The third-order valence-electron chi connectivity index (χ3n) is 6.91. The molecule has 7 nitrogen and oxygen atoms in total. The van der Waals surface area contributed by atoms with Gasteiger partial charge in [-0.1, -0.05) is 30.6 Å². The molecule has 2 bridgehead atoms. The molecule has 3 aliphatic rings. The fourth-order valence-electron chi connectivity index (χ4n) is 5.00. The van der Waals surface area contributed by atoms with Gasteiger partial charge in [-0.25, -0.2) is 4.39 Å². The number of halogens is 2. The third kappa shape index (κ3) is 4.46. The number of hydrogen-bond acceptors (Lipinski definition) is 5. The van der Waals surface area contributed by atoms with E-state index in [-0.39, 0.29) is 46.2 Å². The Hall–Kier alpha value is -2.61. The molecule has 32 heavy (non-hydrogen) atoms. The van der Waals surface area contributed by atoms with Gasteiger partial charge in [-0.05, 0) is 50.2 Å². The Morgan fingerprint density at radius 1 is 1.25 bits per heavy atom.